The lowest BCUT2D eigenvalue weighted by Gasteiger charge is -2.20. The average molecular weight is 396 g/mol. The highest BCUT2D eigenvalue weighted by atomic mass is 35.5. The van der Waals surface area contributed by atoms with Crippen LogP contribution in [0.2, 0.25) is 10.0 Å². The molecule has 1 unspecified atom stereocenters. The number of rotatable bonds is 9. The van der Waals surface area contributed by atoms with E-state index in [0.717, 1.165) is 29.4 Å². The van der Waals surface area contributed by atoms with Gasteiger partial charge < -0.3 is 4.90 Å². The third-order valence-corrected chi connectivity index (χ3v) is 6.28. The molecule has 0 heterocycles. The fraction of sp³-hybridized carbons (Fsp3) is 0.429. The van der Waals surface area contributed by atoms with Crippen LogP contribution in [-0.2, 0) is 5.75 Å². The Morgan fingerprint density at radius 3 is 2.28 bits per heavy atom. The highest BCUT2D eigenvalue weighted by molar-refractivity contribution is 7.98. The second-order valence-corrected chi connectivity index (χ2v) is 8.20. The van der Waals surface area contributed by atoms with Gasteiger partial charge in [-0.25, -0.2) is 0 Å². The molecule has 2 aromatic rings. The molecule has 1 atom stereocenters. The molecule has 0 fully saturated rings. The first-order chi connectivity index (χ1) is 12.0. The second kappa shape index (κ2) is 10.5. The molecule has 2 aromatic carbocycles. The monoisotopic (exact) mass is 395 g/mol. The molecule has 0 aliphatic rings. The average Bonchev–Trinajstić information content (AvgIpc) is 2.62. The van der Waals surface area contributed by atoms with Crippen LogP contribution in [0, 0.1) is 0 Å². The van der Waals surface area contributed by atoms with Crippen molar-refractivity contribution >= 4 is 35.0 Å². The zero-order valence-corrected chi connectivity index (χ0v) is 17.6. The summed E-state index contributed by atoms with van der Waals surface area (Å²) in [4.78, 5) is 3.75. The Balaban J connectivity index is 1.88. The standard InChI is InChI=1S/C21H27Cl2NS/c1-4-24(5-2)13-12-16(3)17-7-10-20(11-8-17)25-15-18-6-9-19(22)14-21(18)23/h6-11,14,16H,4-5,12-13,15H2,1-3H3. The van der Waals surface area contributed by atoms with Crippen LogP contribution in [0.25, 0.3) is 0 Å². The van der Waals surface area contributed by atoms with E-state index in [1.54, 1.807) is 17.8 Å². The number of hydrogen-bond acceptors (Lipinski definition) is 2. The fourth-order valence-corrected chi connectivity index (χ4v) is 4.23. The van der Waals surface area contributed by atoms with Crippen molar-refractivity contribution in [2.24, 2.45) is 0 Å². The van der Waals surface area contributed by atoms with Crippen molar-refractivity contribution in [3.63, 3.8) is 0 Å². The van der Waals surface area contributed by atoms with Gasteiger partial charge in [0.15, 0.2) is 0 Å². The molecule has 0 radical (unpaired) electrons. The molecule has 2 rings (SSSR count). The van der Waals surface area contributed by atoms with Gasteiger partial charge in [0.05, 0.1) is 0 Å². The third-order valence-electron chi connectivity index (χ3n) is 4.63. The van der Waals surface area contributed by atoms with Gasteiger partial charge in [0, 0.05) is 20.7 Å². The lowest BCUT2D eigenvalue weighted by molar-refractivity contribution is 0.292. The first-order valence-corrected chi connectivity index (χ1v) is 10.7. The van der Waals surface area contributed by atoms with Crippen molar-refractivity contribution in [1.29, 1.82) is 0 Å². The van der Waals surface area contributed by atoms with Crippen molar-refractivity contribution in [2.75, 3.05) is 19.6 Å². The minimum atomic E-state index is 0.588. The predicted octanol–water partition coefficient (Wildman–Crippen LogP) is 7.12. The van der Waals surface area contributed by atoms with Crippen LogP contribution in [0.15, 0.2) is 47.4 Å². The van der Waals surface area contributed by atoms with E-state index >= 15 is 0 Å². The Kier molecular flexibility index (Phi) is 8.65. The topological polar surface area (TPSA) is 3.24 Å². The smallest absolute Gasteiger partial charge is 0.0461 e. The second-order valence-electron chi connectivity index (χ2n) is 6.31. The van der Waals surface area contributed by atoms with Gasteiger partial charge in [-0.3, -0.25) is 0 Å². The highest BCUT2D eigenvalue weighted by Gasteiger charge is 2.08. The molecule has 0 N–H and O–H groups in total. The Hall–Kier alpha value is -0.670. The summed E-state index contributed by atoms with van der Waals surface area (Å²) >= 11 is 14.0. The van der Waals surface area contributed by atoms with Gasteiger partial charge in [-0.2, -0.15) is 0 Å². The molecule has 1 nitrogen and oxygen atoms in total. The van der Waals surface area contributed by atoms with Crippen LogP contribution in [0.3, 0.4) is 0 Å². The summed E-state index contributed by atoms with van der Waals surface area (Å²) in [6.45, 7) is 10.2. The molecule has 0 amide bonds. The van der Waals surface area contributed by atoms with Gasteiger partial charge in [-0.15, -0.1) is 11.8 Å². The van der Waals surface area contributed by atoms with E-state index in [1.165, 1.54) is 23.4 Å². The Labute approximate surface area is 166 Å². The van der Waals surface area contributed by atoms with Crippen molar-refractivity contribution in [2.45, 2.75) is 43.8 Å². The summed E-state index contributed by atoms with van der Waals surface area (Å²) in [5.74, 6) is 1.44. The summed E-state index contributed by atoms with van der Waals surface area (Å²) in [5, 5.41) is 1.42. The lowest BCUT2D eigenvalue weighted by atomic mass is 9.98. The number of thioether (sulfide) groups is 1. The summed E-state index contributed by atoms with van der Waals surface area (Å²) in [6, 6.07) is 14.7. The van der Waals surface area contributed by atoms with Gasteiger partial charge in [-0.1, -0.05) is 62.2 Å². The SMILES string of the molecule is CCN(CC)CCC(C)c1ccc(SCc2ccc(Cl)cc2Cl)cc1. The number of hydrogen-bond donors (Lipinski definition) is 0. The van der Waals surface area contributed by atoms with Crippen LogP contribution in [0.4, 0.5) is 0 Å². The molecule has 136 valence electrons. The largest absolute Gasteiger partial charge is 0.304 e. The molecule has 0 bridgehead atoms. The molecular formula is C21H27Cl2NS. The van der Waals surface area contributed by atoms with Gasteiger partial charge in [0.25, 0.3) is 0 Å². The van der Waals surface area contributed by atoms with Crippen molar-refractivity contribution < 1.29 is 0 Å². The van der Waals surface area contributed by atoms with Crippen LogP contribution < -0.4 is 0 Å². The van der Waals surface area contributed by atoms with Gasteiger partial charge in [0.1, 0.15) is 0 Å². The first kappa shape index (κ1) is 20.6. The van der Waals surface area contributed by atoms with Gasteiger partial charge >= 0.3 is 0 Å². The lowest BCUT2D eigenvalue weighted by Crippen LogP contribution is -2.24. The normalized spacial score (nSPS) is 12.6. The Morgan fingerprint density at radius 1 is 1.00 bits per heavy atom. The molecule has 0 saturated heterocycles. The summed E-state index contributed by atoms with van der Waals surface area (Å²) in [5.41, 5.74) is 2.54. The Morgan fingerprint density at radius 2 is 1.68 bits per heavy atom. The van der Waals surface area contributed by atoms with E-state index in [0.29, 0.717) is 10.9 Å². The van der Waals surface area contributed by atoms with E-state index in [-0.39, 0.29) is 0 Å². The summed E-state index contributed by atoms with van der Waals surface area (Å²) in [6.07, 6.45) is 1.20. The van der Waals surface area contributed by atoms with Crippen LogP contribution >= 0.6 is 35.0 Å². The van der Waals surface area contributed by atoms with E-state index in [2.05, 4.69) is 49.9 Å². The van der Waals surface area contributed by atoms with Crippen LogP contribution in [0.5, 0.6) is 0 Å². The van der Waals surface area contributed by atoms with E-state index < -0.39 is 0 Å². The zero-order chi connectivity index (χ0) is 18.2. The molecule has 4 heteroatoms. The highest BCUT2D eigenvalue weighted by Crippen LogP contribution is 2.30. The Bertz CT molecular complexity index is 653. The quantitative estimate of drug-likeness (QED) is 0.415. The summed E-state index contributed by atoms with van der Waals surface area (Å²) in [7, 11) is 0. The van der Waals surface area contributed by atoms with Crippen molar-refractivity contribution in [3.05, 3.63) is 63.6 Å². The number of nitrogens with zero attached hydrogens (tertiary/aromatic N) is 1. The van der Waals surface area contributed by atoms with Gasteiger partial charge in [0.2, 0.25) is 0 Å². The molecule has 0 saturated carbocycles. The van der Waals surface area contributed by atoms with E-state index in [1.807, 2.05) is 12.1 Å². The maximum Gasteiger partial charge on any atom is 0.0461 e. The maximum absolute atomic E-state index is 6.24. The van der Waals surface area contributed by atoms with Gasteiger partial charge in [-0.05, 0) is 67.4 Å². The first-order valence-electron chi connectivity index (χ1n) is 8.92. The molecule has 0 aromatic heterocycles. The number of benzene rings is 2. The maximum atomic E-state index is 6.24. The molecule has 0 aliphatic heterocycles. The minimum Gasteiger partial charge on any atom is -0.304 e. The predicted molar refractivity (Wildman–Crippen MR) is 113 cm³/mol. The fourth-order valence-electron chi connectivity index (χ4n) is 2.78. The van der Waals surface area contributed by atoms with Crippen LogP contribution in [0.1, 0.15) is 44.2 Å². The molecule has 0 aliphatic carbocycles. The van der Waals surface area contributed by atoms with Crippen molar-refractivity contribution in [1.82, 2.24) is 4.90 Å². The zero-order valence-electron chi connectivity index (χ0n) is 15.3. The molecule has 25 heavy (non-hydrogen) atoms. The molecular weight excluding hydrogens is 369 g/mol. The minimum absolute atomic E-state index is 0.588. The molecule has 0 spiro atoms. The number of halogens is 2. The third kappa shape index (κ3) is 6.53. The summed E-state index contributed by atoms with van der Waals surface area (Å²) < 4.78 is 0. The van der Waals surface area contributed by atoms with Crippen molar-refractivity contribution in [3.8, 4) is 0 Å². The van der Waals surface area contributed by atoms with Crippen LogP contribution in [-0.4, -0.2) is 24.5 Å². The van der Waals surface area contributed by atoms with E-state index in [4.69, 9.17) is 23.2 Å². The van der Waals surface area contributed by atoms with E-state index in [9.17, 15) is 0 Å².